The van der Waals surface area contributed by atoms with E-state index in [9.17, 15) is 5.11 Å². The van der Waals surface area contributed by atoms with Crippen molar-refractivity contribution < 1.29 is 5.11 Å². The Morgan fingerprint density at radius 1 is 1.55 bits per heavy atom. The molecule has 0 aliphatic carbocycles. The third-order valence-corrected chi connectivity index (χ3v) is 2.55. The molecule has 60 valence electrons. The largest absolute Gasteiger partial charge is 0.508 e. The minimum absolute atomic E-state index is 0.274. The first-order chi connectivity index (χ1) is 5.16. The highest BCUT2D eigenvalue weighted by atomic mass is 35.5. The number of benzene rings is 1. The second-order valence-electron chi connectivity index (χ2n) is 2.40. The standard InChI is InChI=1S/C8H10ClOP/c1-5-2-3-7(10)6(4-11)8(5)9/h2-3,10H,4,11H2,1H3. The van der Waals surface area contributed by atoms with E-state index in [1.54, 1.807) is 6.07 Å². The lowest BCUT2D eigenvalue weighted by Gasteiger charge is -2.05. The number of hydrogen-bond donors (Lipinski definition) is 1. The molecule has 3 heteroatoms. The zero-order valence-electron chi connectivity index (χ0n) is 6.26. The molecule has 1 atom stereocenters. The van der Waals surface area contributed by atoms with Crippen molar-refractivity contribution in [1.29, 1.82) is 0 Å². The Bertz CT molecular complexity index is 273. The van der Waals surface area contributed by atoms with Gasteiger partial charge in [-0.25, -0.2) is 0 Å². The molecule has 0 fully saturated rings. The first kappa shape index (κ1) is 8.83. The summed E-state index contributed by atoms with van der Waals surface area (Å²) in [5.74, 6) is 0.274. The number of phenolic OH excluding ortho intramolecular Hbond substituents is 1. The van der Waals surface area contributed by atoms with E-state index in [2.05, 4.69) is 9.24 Å². The third kappa shape index (κ3) is 1.66. The van der Waals surface area contributed by atoms with Crippen molar-refractivity contribution >= 4 is 20.8 Å². The summed E-state index contributed by atoms with van der Waals surface area (Å²) in [5, 5.41) is 9.98. The van der Waals surface area contributed by atoms with Crippen LogP contribution in [0.1, 0.15) is 11.1 Å². The van der Waals surface area contributed by atoms with Gasteiger partial charge in [0.15, 0.2) is 0 Å². The number of rotatable bonds is 1. The molecule has 1 aromatic carbocycles. The zero-order valence-corrected chi connectivity index (χ0v) is 8.17. The molecule has 1 nitrogen and oxygen atoms in total. The summed E-state index contributed by atoms with van der Waals surface area (Å²) in [6.07, 6.45) is 0.687. The van der Waals surface area contributed by atoms with Crippen LogP contribution in [-0.2, 0) is 6.16 Å². The summed E-state index contributed by atoms with van der Waals surface area (Å²) in [5.41, 5.74) is 1.80. The molecule has 0 heterocycles. The van der Waals surface area contributed by atoms with E-state index in [0.717, 1.165) is 11.1 Å². The van der Waals surface area contributed by atoms with E-state index in [1.807, 2.05) is 13.0 Å². The van der Waals surface area contributed by atoms with Crippen LogP contribution in [0.25, 0.3) is 0 Å². The van der Waals surface area contributed by atoms with Gasteiger partial charge in [-0.05, 0) is 24.7 Å². The van der Waals surface area contributed by atoms with Crippen LogP contribution in [0.15, 0.2) is 12.1 Å². The Labute approximate surface area is 73.6 Å². The maximum atomic E-state index is 9.32. The van der Waals surface area contributed by atoms with Crippen molar-refractivity contribution in [3.63, 3.8) is 0 Å². The van der Waals surface area contributed by atoms with Gasteiger partial charge in [-0.2, -0.15) is 0 Å². The highest BCUT2D eigenvalue weighted by Gasteiger charge is 2.05. The second kappa shape index (κ2) is 3.42. The first-order valence-electron chi connectivity index (χ1n) is 3.34. The molecule has 1 unspecified atom stereocenters. The number of phenols is 1. The molecule has 1 rings (SSSR count). The van der Waals surface area contributed by atoms with Crippen LogP contribution in [0.4, 0.5) is 0 Å². The van der Waals surface area contributed by atoms with Crippen molar-refractivity contribution in [3.05, 3.63) is 28.3 Å². The van der Waals surface area contributed by atoms with Crippen molar-refractivity contribution in [1.82, 2.24) is 0 Å². The van der Waals surface area contributed by atoms with E-state index >= 15 is 0 Å². The van der Waals surface area contributed by atoms with Gasteiger partial charge >= 0.3 is 0 Å². The summed E-state index contributed by atoms with van der Waals surface area (Å²) in [7, 11) is 2.54. The first-order valence-corrected chi connectivity index (χ1v) is 4.53. The number of aryl methyl sites for hydroxylation is 1. The minimum atomic E-state index is 0.274. The third-order valence-electron chi connectivity index (χ3n) is 1.62. The SMILES string of the molecule is Cc1ccc(O)c(CP)c1Cl. The molecular weight excluding hydrogens is 179 g/mol. The lowest BCUT2D eigenvalue weighted by Crippen LogP contribution is -1.84. The Kier molecular flexibility index (Phi) is 2.75. The molecule has 0 aliphatic heterocycles. The Morgan fingerprint density at radius 3 is 2.64 bits per heavy atom. The van der Waals surface area contributed by atoms with Gasteiger partial charge in [0.25, 0.3) is 0 Å². The highest BCUT2D eigenvalue weighted by molar-refractivity contribution is 7.15. The van der Waals surface area contributed by atoms with Crippen molar-refractivity contribution in [2.75, 3.05) is 0 Å². The zero-order chi connectivity index (χ0) is 8.43. The molecule has 0 radical (unpaired) electrons. The molecule has 1 aromatic rings. The molecule has 0 saturated heterocycles. The topological polar surface area (TPSA) is 20.2 Å². The minimum Gasteiger partial charge on any atom is -0.508 e. The van der Waals surface area contributed by atoms with Crippen LogP contribution < -0.4 is 0 Å². The van der Waals surface area contributed by atoms with Gasteiger partial charge in [-0.1, -0.05) is 17.7 Å². The predicted octanol–water partition coefficient (Wildman–Crippen LogP) is 2.73. The maximum absolute atomic E-state index is 9.32. The number of aromatic hydroxyl groups is 1. The van der Waals surface area contributed by atoms with E-state index in [1.165, 1.54) is 0 Å². The van der Waals surface area contributed by atoms with Gasteiger partial charge in [-0.15, -0.1) is 9.24 Å². The lowest BCUT2D eigenvalue weighted by molar-refractivity contribution is 0.470. The summed E-state index contributed by atoms with van der Waals surface area (Å²) < 4.78 is 0. The highest BCUT2D eigenvalue weighted by Crippen LogP contribution is 2.30. The van der Waals surface area contributed by atoms with Crippen LogP contribution in [0.3, 0.4) is 0 Å². The molecule has 0 saturated carbocycles. The summed E-state index contributed by atoms with van der Waals surface area (Å²) in [4.78, 5) is 0. The molecule has 11 heavy (non-hydrogen) atoms. The molecular formula is C8H10ClOP. The number of halogens is 1. The van der Waals surface area contributed by atoms with Gasteiger partial charge in [0, 0.05) is 5.56 Å². The molecule has 1 N–H and O–H groups in total. The molecule has 0 aliphatic rings. The van der Waals surface area contributed by atoms with E-state index in [-0.39, 0.29) is 5.75 Å². The molecule has 0 aromatic heterocycles. The molecule has 0 amide bonds. The van der Waals surface area contributed by atoms with Crippen molar-refractivity contribution in [2.45, 2.75) is 13.1 Å². The number of hydrogen-bond acceptors (Lipinski definition) is 1. The van der Waals surface area contributed by atoms with Crippen LogP contribution >= 0.6 is 20.8 Å². The van der Waals surface area contributed by atoms with Crippen molar-refractivity contribution in [3.8, 4) is 5.75 Å². The molecule has 0 bridgehead atoms. The van der Waals surface area contributed by atoms with Crippen LogP contribution in [-0.4, -0.2) is 5.11 Å². The normalized spacial score (nSPS) is 10.1. The average molecular weight is 189 g/mol. The predicted molar refractivity (Wildman–Crippen MR) is 51.3 cm³/mol. The van der Waals surface area contributed by atoms with Gasteiger partial charge in [0.05, 0.1) is 5.02 Å². The van der Waals surface area contributed by atoms with Gasteiger partial charge in [0.1, 0.15) is 5.75 Å². The average Bonchev–Trinajstić information content (AvgIpc) is 1.99. The fourth-order valence-electron chi connectivity index (χ4n) is 0.922. The van der Waals surface area contributed by atoms with Gasteiger partial charge < -0.3 is 5.11 Å². The maximum Gasteiger partial charge on any atom is 0.120 e. The Balaban J connectivity index is 3.29. The van der Waals surface area contributed by atoms with Gasteiger partial charge in [-0.3, -0.25) is 0 Å². The van der Waals surface area contributed by atoms with E-state index in [4.69, 9.17) is 11.6 Å². The summed E-state index contributed by atoms with van der Waals surface area (Å²) >= 11 is 5.93. The Morgan fingerprint density at radius 2 is 2.18 bits per heavy atom. The summed E-state index contributed by atoms with van der Waals surface area (Å²) in [6.45, 7) is 1.92. The van der Waals surface area contributed by atoms with Crippen molar-refractivity contribution in [2.24, 2.45) is 0 Å². The monoisotopic (exact) mass is 188 g/mol. The fourth-order valence-corrected chi connectivity index (χ4v) is 1.70. The van der Waals surface area contributed by atoms with Crippen LogP contribution in [0, 0.1) is 6.92 Å². The fraction of sp³-hybridized carbons (Fsp3) is 0.250. The smallest absolute Gasteiger partial charge is 0.120 e. The lowest BCUT2D eigenvalue weighted by atomic mass is 10.1. The van der Waals surface area contributed by atoms with Crippen LogP contribution in [0.2, 0.25) is 5.02 Å². The van der Waals surface area contributed by atoms with E-state index in [0.29, 0.717) is 11.2 Å². The summed E-state index contributed by atoms with van der Waals surface area (Å²) in [6, 6.07) is 3.47. The van der Waals surface area contributed by atoms with Crippen LogP contribution in [0.5, 0.6) is 5.75 Å². The molecule has 0 spiro atoms. The van der Waals surface area contributed by atoms with Gasteiger partial charge in [0.2, 0.25) is 0 Å². The Hall–Kier alpha value is -0.260. The van der Waals surface area contributed by atoms with E-state index < -0.39 is 0 Å². The quantitative estimate of drug-likeness (QED) is 0.672. The second-order valence-corrected chi connectivity index (χ2v) is 3.18.